The Morgan fingerprint density at radius 3 is 2.35 bits per heavy atom. The Hall–Kier alpha value is -1.80. The lowest BCUT2D eigenvalue weighted by Gasteiger charge is -2.18. The average molecular weight is 294 g/mol. The van der Waals surface area contributed by atoms with E-state index in [1.165, 1.54) is 18.5 Å². The van der Waals surface area contributed by atoms with E-state index in [1.807, 2.05) is 0 Å². The summed E-state index contributed by atoms with van der Waals surface area (Å²) < 4.78 is 38.3. The Kier molecular flexibility index (Phi) is 4.61. The summed E-state index contributed by atoms with van der Waals surface area (Å²) in [6.45, 7) is 6.27. The van der Waals surface area contributed by atoms with Gasteiger partial charge >= 0.3 is 11.9 Å². The highest BCUT2D eigenvalue weighted by atomic mass is 19.4. The van der Waals surface area contributed by atoms with E-state index < -0.39 is 23.6 Å². The summed E-state index contributed by atoms with van der Waals surface area (Å²) in [4.78, 5) is 10.4. The van der Waals surface area contributed by atoms with Crippen LogP contribution in [0.1, 0.15) is 38.9 Å². The molecule has 114 valence electrons. The lowest BCUT2D eigenvalue weighted by atomic mass is 10.2. The highest BCUT2D eigenvalue weighted by Gasteiger charge is 2.33. The van der Waals surface area contributed by atoms with Gasteiger partial charge in [-0.2, -0.15) is 18.3 Å². The van der Waals surface area contributed by atoms with Crippen LogP contribution in [0.4, 0.5) is 24.7 Å². The first-order valence-corrected chi connectivity index (χ1v) is 6.09. The van der Waals surface area contributed by atoms with Gasteiger partial charge in [0.05, 0.1) is 11.3 Å². The van der Waals surface area contributed by atoms with Crippen molar-refractivity contribution in [3.05, 3.63) is 15.8 Å². The molecular formula is C11H17F3N4O2. The van der Waals surface area contributed by atoms with Crippen molar-refractivity contribution in [1.82, 2.24) is 9.78 Å². The molecule has 0 bridgehead atoms. The minimum Gasteiger partial charge on any atom is -0.362 e. The maximum atomic E-state index is 12.3. The Balaban J connectivity index is 3.12. The third-order valence-corrected chi connectivity index (χ3v) is 2.65. The third kappa shape index (κ3) is 3.84. The summed E-state index contributed by atoms with van der Waals surface area (Å²) in [6.07, 6.45) is -5.41. The zero-order chi connectivity index (χ0) is 15.7. The summed E-state index contributed by atoms with van der Waals surface area (Å²) in [7, 11) is 0. The zero-order valence-electron chi connectivity index (χ0n) is 11.7. The van der Waals surface area contributed by atoms with Crippen molar-refractivity contribution >= 4 is 11.5 Å². The molecule has 1 atom stereocenters. The Bertz CT molecular complexity index is 497. The number of nitrogens with one attached hydrogen (secondary N) is 1. The molecule has 1 unspecified atom stereocenters. The fraction of sp³-hybridized carbons (Fsp3) is 0.727. The molecule has 0 radical (unpaired) electrons. The van der Waals surface area contributed by atoms with E-state index in [0.29, 0.717) is 0 Å². The van der Waals surface area contributed by atoms with Gasteiger partial charge in [0.2, 0.25) is 5.82 Å². The fourth-order valence-electron chi connectivity index (χ4n) is 1.90. The molecule has 6 nitrogen and oxygen atoms in total. The van der Waals surface area contributed by atoms with Crippen LogP contribution in [0.3, 0.4) is 0 Å². The summed E-state index contributed by atoms with van der Waals surface area (Å²) in [6, 6.07) is -1.19. The van der Waals surface area contributed by atoms with Crippen LogP contribution < -0.4 is 5.32 Å². The van der Waals surface area contributed by atoms with Gasteiger partial charge in [-0.25, -0.2) is 4.68 Å². The van der Waals surface area contributed by atoms with E-state index in [2.05, 4.69) is 10.4 Å². The smallest absolute Gasteiger partial charge is 0.362 e. The molecule has 0 aromatic carbocycles. The van der Waals surface area contributed by atoms with Gasteiger partial charge in [0.1, 0.15) is 5.69 Å². The molecule has 1 aromatic rings. The second kappa shape index (κ2) is 5.68. The van der Waals surface area contributed by atoms with Crippen LogP contribution in [-0.2, 0) is 0 Å². The summed E-state index contributed by atoms with van der Waals surface area (Å²) in [5.41, 5.74) is -0.113. The van der Waals surface area contributed by atoms with Crippen molar-refractivity contribution in [1.29, 1.82) is 0 Å². The van der Waals surface area contributed by atoms with Crippen LogP contribution in [-0.4, -0.2) is 26.9 Å². The molecule has 1 aromatic heterocycles. The van der Waals surface area contributed by atoms with Crippen LogP contribution in [0.2, 0.25) is 0 Å². The van der Waals surface area contributed by atoms with E-state index in [9.17, 15) is 23.3 Å². The predicted octanol–water partition coefficient (Wildman–Crippen LogP) is 3.43. The molecule has 1 heterocycles. The largest absolute Gasteiger partial charge is 0.391 e. The number of aromatic nitrogens is 2. The SMILES string of the molecule is Cc1nn(C(C)C)c(NC(C)CC(F)(F)F)c1[N+](=O)[O-]. The zero-order valence-corrected chi connectivity index (χ0v) is 11.7. The topological polar surface area (TPSA) is 73.0 Å². The van der Waals surface area contributed by atoms with E-state index in [1.54, 1.807) is 13.8 Å². The second-order valence-electron chi connectivity index (χ2n) is 4.94. The van der Waals surface area contributed by atoms with Crippen LogP contribution in [0, 0.1) is 17.0 Å². The Morgan fingerprint density at radius 1 is 1.40 bits per heavy atom. The van der Waals surface area contributed by atoms with Crippen molar-refractivity contribution in [2.24, 2.45) is 0 Å². The van der Waals surface area contributed by atoms with Gasteiger partial charge in [0.15, 0.2) is 0 Å². The van der Waals surface area contributed by atoms with Crippen LogP contribution >= 0.6 is 0 Å². The molecule has 20 heavy (non-hydrogen) atoms. The van der Waals surface area contributed by atoms with Gasteiger partial charge in [-0.3, -0.25) is 10.1 Å². The van der Waals surface area contributed by atoms with Crippen LogP contribution in [0.5, 0.6) is 0 Å². The standard InChI is InChI=1S/C11H17F3N4O2/c1-6(2)17-10(9(18(19)20)8(4)16-17)15-7(3)5-11(12,13)14/h6-7,15H,5H2,1-4H3. The third-order valence-electron chi connectivity index (χ3n) is 2.65. The monoisotopic (exact) mass is 294 g/mol. The van der Waals surface area contributed by atoms with Gasteiger partial charge in [0, 0.05) is 12.1 Å². The number of alkyl halides is 3. The first-order chi connectivity index (χ1) is 9.03. The fourth-order valence-corrected chi connectivity index (χ4v) is 1.90. The highest BCUT2D eigenvalue weighted by Crippen LogP contribution is 2.32. The van der Waals surface area contributed by atoms with E-state index in [0.717, 1.165) is 0 Å². The highest BCUT2D eigenvalue weighted by molar-refractivity contribution is 5.60. The lowest BCUT2D eigenvalue weighted by molar-refractivity contribution is -0.384. The molecular weight excluding hydrogens is 277 g/mol. The molecule has 9 heteroatoms. The Morgan fingerprint density at radius 2 is 1.95 bits per heavy atom. The second-order valence-corrected chi connectivity index (χ2v) is 4.94. The maximum absolute atomic E-state index is 12.3. The first kappa shape index (κ1) is 16.3. The quantitative estimate of drug-likeness (QED) is 0.667. The minimum absolute atomic E-state index is 0.0132. The Labute approximate surface area is 114 Å². The number of halogens is 3. The van der Waals surface area contributed by atoms with Crippen LogP contribution in [0.15, 0.2) is 0 Å². The van der Waals surface area contributed by atoms with Gasteiger partial charge < -0.3 is 5.32 Å². The molecule has 0 saturated carbocycles. The first-order valence-electron chi connectivity index (χ1n) is 6.09. The van der Waals surface area contributed by atoms with Crippen molar-refractivity contribution in [3.8, 4) is 0 Å². The number of aryl methyl sites for hydroxylation is 1. The van der Waals surface area contributed by atoms with Gasteiger partial charge in [0.25, 0.3) is 0 Å². The molecule has 1 N–H and O–H groups in total. The molecule has 0 amide bonds. The molecule has 0 aliphatic carbocycles. The number of anilines is 1. The van der Waals surface area contributed by atoms with Crippen molar-refractivity contribution in [2.75, 3.05) is 5.32 Å². The lowest BCUT2D eigenvalue weighted by Crippen LogP contribution is -2.26. The summed E-state index contributed by atoms with van der Waals surface area (Å²) in [5.74, 6) is 0.0132. The van der Waals surface area contributed by atoms with Gasteiger partial charge in [-0.1, -0.05) is 0 Å². The minimum atomic E-state index is -4.33. The van der Waals surface area contributed by atoms with E-state index >= 15 is 0 Å². The van der Waals surface area contributed by atoms with Crippen molar-refractivity contribution < 1.29 is 18.1 Å². The van der Waals surface area contributed by atoms with Gasteiger partial charge in [-0.15, -0.1) is 0 Å². The van der Waals surface area contributed by atoms with Crippen LogP contribution in [0.25, 0.3) is 0 Å². The summed E-state index contributed by atoms with van der Waals surface area (Å²) in [5, 5.41) is 17.6. The molecule has 0 spiro atoms. The molecule has 1 rings (SSSR count). The average Bonchev–Trinajstić information content (AvgIpc) is 2.52. The molecule has 0 fully saturated rings. The molecule has 0 aliphatic heterocycles. The van der Waals surface area contributed by atoms with Gasteiger partial charge in [-0.05, 0) is 27.7 Å². The van der Waals surface area contributed by atoms with Crippen molar-refractivity contribution in [3.63, 3.8) is 0 Å². The summed E-state index contributed by atoms with van der Waals surface area (Å²) >= 11 is 0. The number of nitrogens with zero attached hydrogens (tertiary/aromatic N) is 3. The van der Waals surface area contributed by atoms with E-state index in [-0.39, 0.29) is 23.2 Å². The number of nitro groups is 1. The molecule has 0 aliphatic rings. The normalized spacial score (nSPS) is 13.6. The number of rotatable bonds is 5. The molecule has 0 saturated heterocycles. The predicted molar refractivity (Wildman–Crippen MR) is 67.8 cm³/mol. The maximum Gasteiger partial charge on any atom is 0.391 e. The van der Waals surface area contributed by atoms with Crippen molar-refractivity contribution in [2.45, 2.75) is 52.4 Å². The van der Waals surface area contributed by atoms with E-state index in [4.69, 9.17) is 0 Å². The number of hydrogen-bond acceptors (Lipinski definition) is 4. The number of hydrogen-bond donors (Lipinski definition) is 1.